The topological polar surface area (TPSA) is 101 Å². The number of rotatable bonds is 13. The molecule has 1 aliphatic heterocycles. The number of ether oxygens (including phenoxy) is 3. The lowest BCUT2D eigenvalue weighted by Crippen LogP contribution is -2.53. The molecule has 4 rings (SSSR count). The van der Waals surface area contributed by atoms with E-state index in [0.29, 0.717) is 44.1 Å². The molecule has 0 spiro atoms. The van der Waals surface area contributed by atoms with Gasteiger partial charge in [-0.15, -0.1) is 0 Å². The molecule has 0 unspecified atom stereocenters. The lowest BCUT2D eigenvalue weighted by molar-refractivity contribution is -0.127. The molecule has 0 bridgehead atoms. The van der Waals surface area contributed by atoms with Crippen molar-refractivity contribution in [2.75, 3.05) is 33.5 Å². The second-order valence-electron chi connectivity index (χ2n) is 8.90. The van der Waals surface area contributed by atoms with Gasteiger partial charge in [-0.2, -0.15) is 0 Å². The number of hydrogen-bond acceptors (Lipinski definition) is 7. The number of aliphatic hydroxyl groups excluding tert-OH is 1. The fourth-order valence-corrected chi connectivity index (χ4v) is 4.58. The zero-order valence-corrected chi connectivity index (χ0v) is 22.9. The van der Waals surface area contributed by atoms with Gasteiger partial charge in [-0.05, 0) is 53.9 Å². The first kappa shape index (κ1) is 27.6. The summed E-state index contributed by atoms with van der Waals surface area (Å²) >= 11 is 3.60. The predicted molar refractivity (Wildman–Crippen MR) is 150 cm³/mol. The molecule has 0 saturated carbocycles. The Morgan fingerprint density at radius 2 is 1.82 bits per heavy atom. The van der Waals surface area contributed by atoms with E-state index in [4.69, 9.17) is 24.3 Å². The summed E-state index contributed by atoms with van der Waals surface area (Å²) in [7, 11) is 1.65. The lowest BCUT2D eigenvalue weighted by atomic mass is 9.91. The van der Waals surface area contributed by atoms with E-state index >= 15 is 0 Å². The monoisotopic (exact) mass is 581 g/mol. The molecule has 0 saturated heterocycles. The van der Waals surface area contributed by atoms with Crippen molar-refractivity contribution < 1.29 is 24.1 Å². The Labute approximate surface area is 231 Å². The van der Waals surface area contributed by atoms with Gasteiger partial charge in [0.1, 0.15) is 18.1 Å². The molecule has 0 radical (unpaired) electrons. The molecule has 0 aromatic heterocycles. The van der Waals surface area contributed by atoms with E-state index in [9.17, 15) is 4.79 Å². The van der Waals surface area contributed by atoms with Crippen LogP contribution in [0.4, 0.5) is 0 Å². The molecule has 200 valence electrons. The van der Waals surface area contributed by atoms with Crippen molar-refractivity contribution in [3.63, 3.8) is 0 Å². The minimum absolute atomic E-state index is 0.0830. The normalized spacial score (nSPS) is 16.4. The molecule has 8 nitrogen and oxygen atoms in total. The van der Waals surface area contributed by atoms with Crippen molar-refractivity contribution in [1.29, 1.82) is 0 Å². The van der Waals surface area contributed by atoms with E-state index in [-0.39, 0.29) is 19.1 Å². The number of carbonyl (C=O) groups excluding carboxylic acids is 1. The number of nitrogens with zero attached hydrogens (tertiary/aromatic N) is 1. The van der Waals surface area contributed by atoms with E-state index in [1.807, 2.05) is 72.8 Å². The van der Waals surface area contributed by atoms with Crippen LogP contribution in [-0.2, 0) is 22.4 Å². The van der Waals surface area contributed by atoms with Crippen LogP contribution in [0.3, 0.4) is 0 Å². The number of methoxy groups -OCH3 is 1. The quantitative estimate of drug-likeness (QED) is 0.209. The molecule has 1 aliphatic rings. The van der Waals surface area contributed by atoms with Gasteiger partial charge in [0, 0.05) is 36.0 Å². The van der Waals surface area contributed by atoms with Gasteiger partial charge in [0.15, 0.2) is 5.54 Å². The molecule has 0 fully saturated rings. The average molecular weight is 582 g/mol. The number of aliphatic hydroxyl groups is 1. The zero-order chi connectivity index (χ0) is 26.8. The van der Waals surface area contributed by atoms with E-state index < -0.39 is 5.54 Å². The van der Waals surface area contributed by atoms with Crippen molar-refractivity contribution in [1.82, 2.24) is 10.9 Å². The number of carbonyl (C=O) groups is 1. The van der Waals surface area contributed by atoms with Crippen LogP contribution >= 0.6 is 15.9 Å². The van der Waals surface area contributed by atoms with Crippen molar-refractivity contribution >= 4 is 27.7 Å². The van der Waals surface area contributed by atoms with Crippen LogP contribution in [0, 0.1) is 0 Å². The molecule has 38 heavy (non-hydrogen) atoms. The molecular weight excluding hydrogens is 550 g/mol. The largest absolute Gasteiger partial charge is 0.496 e. The number of aliphatic imine (C=N–C) groups is 1. The smallest absolute Gasteiger partial charge is 0.266 e. The van der Waals surface area contributed by atoms with E-state index in [0.717, 1.165) is 26.9 Å². The summed E-state index contributed by atoms with van der Waals surface area (Å²) in [4.78, 5) is 18.4. The van der Waals surface area contributed by atoms with Crippen LogP contribution in [-0.4, -0.2) is 55.9 Å². The first-order valence-electron chi connectivity index (χ1n) is 12.5. The van der Waals surface area contributed by atoms with Crippen LogP contribution in [0.25, 0.3) is 0 Å². The molecule has 1 amide bonds. The Bertz CT molecular complexity index is 1250. The first-order valence-corrected chi connectivity index (χ1v) is 13.3. The summed E-state index contributed by atoms with van der Waals surface area (Å²) in [6.07, 6.45) is 1.61. The Kier molecular flexibility index (Phi) is 9.75. The highest BCUT2D eigenvalue weighted by Gasteiger charge is 2.45. The fourth-order valence-electron chi connectivity index (χ4n) is 4.15. The van der Waals surface area contributed by atoms with Crippen LogP contribution in [0.15, 0.2) is 82.3 Å². The Morgan fingerprint density at radius 3 is 2.55 bits per heavy atom. The number of benzene rings is 3. The van der Waals surface area contributed by atoms with Crippen molar-refractivity contribution in [2.45, 2.75) is 24.8 Å². The third-order valence-corrected chi connectivity index (χ3v) is 6.99. The molecule has 1 heterocycles. The number of para-hydroxylation sites is 1. The number of hydrazine groups is 1. The minimum Gasteiger partial charge on any atom is -0.496 e. The molecule has 1 atom stereocenters. The zero-order valence-electron chi connectivity index (χ0n) is 21.3. The van der Waals surface area contributed by atoms with Gasteiger partial charge in [0.05, 0.1) is 13.7 Å². The summed E-state index contributed by atoms with van der Waals surface area (Å²) in [6, 6.07) is 23.0. The van der Waals surface area contributed by atoms with Crippen LogP contribution < -0.4 is 20.3 Å². The lowest BCUT2D eigenvalue weighted by Gasteiger charge is -2.24. The summed E-state index contributed by atoms with van der Waals surface area (Å²) in [5.41, 5.74) is 7.51. The maximum absolute atomic E-state index is 13.6. The molecular formula is C29H32BrN3O5. The van der Waals surface area contributed by atoms with Crippen molar-refractivity contribution in [3.8, 4) is 11.5 Å². The van der Waals surface area contributed by atoms with Crippen molar-refractivity contribution in [2.24, 2.45) is 4.99 Å². The van der Waals surface area contributed by atoms with Gasteiger partial charge in [-0.25, -0.2) is 10.4 Å². The van der Waals surface area contributed by atoms with E-state index in [1.165, 1.54) is 0 Å². The highest BCUT2D eigenvalue weighted by molar-refractivity contribution is 9.10. The number of nitrogens with one attached hydrogen (secondary N) is 2. The highest BCUT2D eigenvalue weighted by Crippen LogP contribution is 2.30. The predicted octanol–water partition coefficient (Wildman–Crippen LogP) is 3.84. The SMILES string of the molecule is COc1ccccc1CCNNC(=O)[C@]1(Cc2ccccc2Br)COC(c2ccc(OCCCO)cc2)=N1. The maximum Gasteiger partial charge on any atom is 0.266 e. The molecule has 3 aromatic carbocycles. The maximum atomic E-state index is 13.6. The van der Waals surface area contributed by atoms with Crippen LogP contribution in [0.1, 0.15) is 23.1 Å². The Balaban J connectivity index is 1.48. The molecule has 3 aromatic rings. The summed E-state index contributed by atoms with van der Waals surface area (Å²) in [5, 5.41) is 8.93. The second-order valence-corrected chi connectivity index (χ2v) is 9.75. The minimum atomic E-state index is -1.15. The molecule has 3 N–H and O–H groups in total. The standard InChI is InChI=1S/C29H32BrN3O5/c1-36-26-10-5-3-7-21(26)15-16-31-33-28(35)29(19-23-8-2-4-9-25(23)30)20-38-27(32-29)22-11-13-24(14-12-22)37-18-6-17-34/h2-5,7-14,31,34H,6,15-20H2,1H3,(H,33,35)/t29-/m0/s1. The van der Waals surface area contributed by atoms with Gasteiger partial charge in [-0.3, -0.25) is 10.2 Å². The van der Waals surface area contributed by atoms with Gasteiger partial charge < -0.3 is 19.3 Å². The van der Waals surface area contributed by atoms with Gasteiger partial charge >= 0.3 is 0 Å². The third-order valence-electron chi connectivity index (χ3n) is 6.21. The van der Waals surface area contributed by atoms with Crippen molar-refractivity contribution in [3.05, 3.63) is 94.0 Å². The molecule has 9 heteroatoms. The summed E-state index contributed by atoms with van der Waals surface area (Å²) < 4.78 is 17.9. The fraction of sp³-hybridized carbons (Fsp3) is 0.310. The second kappa shape index (κ2) is 13.4. The van der Waals surface area contributed by atoms with Gasteiger partial charge in [-0.1, -0.05) is 52.3 Å². The van der Waals surface area contributed by atoms with Gasteiger partial charge in [0.25, 0.3) is 5.91 Å². The first-order chi connectivity index (χ1) is 18.5. The van der Waals surface area contributed by atoms with E-state index in [2.05, 4.69) is 26.8 Å². The number of halogens is 1. The summed E-state index contributed by atoms with van der Waals surface area (Å²) in [5.74, 6) is 1.64. The van der Waals surface area contributed by atoms with Crippen LogP contribution in [0.5, 0.6) is 11.5 Å². The average Bonchev–Trinajstić information content (AvgIpc) is 3.38. The molecule has 0 aliphatic carbocycles. The Hall–Kier alpha value is -3.40. The Morgan fingerprint density at radius 1 is 1.08 bits per heavy atom. The third kappa shape index (κ3) is 6.92. The highest BCUT2D eigenvalue weighted by atomic mass is 79.9. The van der Waals surface area contributed by atoms with Crippen LogP contribution in [0.2, 0.25) is 0 Å². The van der Waals surface area contributed by atoms with Gasteiger partial charge in [0.2, 0.25) is 5.90 Å². The van der Waals surface area contributed by atoms with E-state index in [1.54, 1.807) is 7.11 Å². The number of amides is 1. The summed E-state index contributed by atoms with van der Waals surface area (Å²) in [6.45, 7) is 1.15. The number of hydrogen-bond donors (Lipinski definition) is 3.